The fraction of sp³-hybridized carbons (Fsp3) is 0.486. The first-order valence-corrected chi connectivity index (χ1v) is 42.7. The predicted octanol–water partition coefficient (Wildman–Crippen LogP) is 33.8. The maximum atomic E-state index is 2.28. The van der Waals surface area contributed by atoms with Crippen molar-refractivity contribution in [2.45, 2.75) is 343 Å². The van der Waals surface area contributed by atoms with Crippen LogP contribution in [0.1, 0.15) is 366 Å². The quantitative estimate of drug-likeness (QED) is 0.0803. The fourth-order valence-corrected chi connectivity index (χ4v) is 9.10. The van der Waals surface area contributed by atoms with E-state index < -0.39 is 0 Å². The van der Waals surface area contributed by atoms with E-state index in [1.807, 2.05) is 41.5 Å². The maximum Gasteiger partial charge on any atom is -0.00258 e. The van der Waals surface area contributed by atoms with Crippen LogP contribution in [-0.4, -0.2) is 0 Å². The van der Waals surface area contributed by atoms with Crippen molar-refractivity contribution < 1.29 is 0 Å². The van der Waals surface area contributed by atoms with Gasteiger partial charge in [0.15, 0.2) is 0 Å². The Morgan fingerprint density at radius 2 is 0.152 bits per heavy atom. The van der Waals surface area contributed by atoms with Gasteiger partial charge in [-0.3, -0.25) is 0 Å². The second-order valence-electron chi connectivity index (χ2n) is 25.9. The highest BCUT2D eigenvalue weighted by molar-refractivity contribution is 5.37. The number of aryl methyl sites for hydroxylation is 6. The first-order valence-electron chi connectivity index (χ1n) is 42.7. The summed E-state index contributed by atoms with van der Waals surface area (Å²) >= 11 is 0. The Morgan fingerprint density at radius 3 is 0.200 bits per heavy atom. The molecule has 0 nitrogen and oxygen atoms in total. The Hall–Kier alpha value is -7.02. The molecular weight excluding hydrogens is 1260 g/mol. The van der Waals surface area contributed by atoms with Crippen LogP contribution in [0.15, 0.2) is 218 Å². The topological polar surface area (TPSA) is 0 Å². The first-order chi connectivity index (χ1) is 51.0. The van der Waals surface area contributed by atoms with E-state index in [4.69, 9.17) is 0 Å². The van der Waals surface area contributed by atoms with Gasteiger partial charge in [0.25, 0.3) is 0 Å². The van der Waals surface area contributed by atoms with Crippen molar-refractivity contribution in [2.75, 3.05) is 0 Å². The lowest BCUT2D eigenvalue weighted by Gasteiger charge is -2.08. The molecule has 105 heavy (non-hydrogen) atoms. The van der Waals surface area contributed by atoms with Gasteiger partial charge in [0.1, 0.15) is 0 Å². The molecule has 0 radical (unpaired) electrons. The Balaban J connectivity index is -0.000000295. The van der Waals surface area contributed by atoms with Gasteiger partial charge in [-0.1, -0.05) is 484 Å². The van der Waals surface area contributed by atoms with Crippen LogP contribution in [-0.2, 0) is 77.0 Å². The minimum atomic E-state index is 0.983. The fourth-order valence-electron chi connectivity index (χ4n) is 9.10. The molecule has 0 saturated carbocycles. The lowest BCUT2D eigenvalue weighted by Crippen LogP contribution is -1.93. The molecule has 588 valence electrons. The molecule has 9 aromatic rings. The van der Waals surface area contributed by atoms with E-state index in [-0.39, 0.29) is 0 Å². The summed E-state index contributed by atoms with van der Waals surface area (Å²) in [6, 6.07) is 81.1. The monoisotopic (exact) mass is 1430 g/mol. The van der Waals surface area contributed by atoms with Crippen LogP contribution in [0.25, 0.3) is 0 Å². The van der Waals surface area contributed by atoms with Crippen LogP contribution in [0, 0.1) is 0 Å². The second-order valence-corrected chi connectivity index (χ2v) is 25.9. The lowest BCUT2D eigenvalue weighted by atomic mass is 9.98. The van der Waals surface area contributed by atoms with Crippen molar-refractivity contribution in [2.24, 2.45) is 0 Å². The molecule has 0 aliphatic heterocycles. The maximum absolute atomic E-state index is 2.28. The summed E-state index contributed by atoms with van der Waals surface area (Å²) in [7, 11) is 0. The average molecular weight is 1430 g/mol. The molecule has 0 bridgehead atoms. The third kappa shape index (κ3) is 61.8. The zero-order chi connectivity index (χ0) is 80.7. The lowest BCUT2D eigenvalue weighted by molar-refractivity contribution is 1.09. The first kappa shape index (κ1) is 109. The van der Waals surface area contributed by atoms with E-state index in [1.165, 1.54) is 158 Å². The number of benzene rings is 9. The Kier molecular flexibility index (Phi) is 85.7. The molecule has 0 atom stereocenters. The summed E-state index contributed by atoms with van der Waals surface area (Å²) in [6.07, 6.45) is 23.9. The van der Waals surface area contributed by atoms with Crippen LogP contribution < -0.4 is 0 Å². The van der Waals surface area contributed by atoms with E-state index >= 15 is 0 Å². The van der Waals surface area contributed by atoms with Crippen LogP contribution in [0.4, 0.5) is 0 Å². The average Bonchev–Trinajstić information content (AvgIpc) is 0.877. The molecule has 0 unspecified atom stereocenters. The molecule has 0 N–H and O–H groups in total. The van der Waals surface area contributed by atoms with Crippen molar-refractivity contribution >= 4 is 0 Å². The van der Waals surface area contributed by atoms with E-state index in [2.05, 4.69) is 385 Å². The molecule has 9 aromatic carbocycles. The minimum absolute atomic E-state index is 0.983. The van der Waals surface area contributed by atoms with Gasteiger partial charge in [-0.05, 0) is 177 Å². The zero-order valence-corrected chi connectivity index (χ0v) is 74.6. The largest absolute Gasteiger partial charge is 0.0683 e. The van der Waals surface area contributed by atoms with Gasteiger partial charge in [-0.25, -0.2) is 0 Å². The molecule has 0 saturated heterocycles. The molecule has 0 spiro atoms. The Morgan fingerprint density at radius 1 is 0.105 bits per heavy atom. The summed E-state index contributed by atoms with van der Waals surface area (Å²) in [5.74, 6) is 0. The number of hydrogen-bond donors (Lipinski definition) is 0. The molecular formula is C105H168. The number of hydrogen-bond acceptors (Lipinski definition) is 0. The molecule has 0 heteroatoms. The van der Waals surface area contributed by atoms with Crippen molar-refractivity contribution in [3.8, 4) is 0 Å². The highest BCUT2D eigenvalue weighted by Crippen LogP contribution is 2.20. The third-order valence-electron chi connectivity index (χ3n) is 14.1. The molecule has 0 aromatic heterocycles. The normalized spacial score (nSPS) is 9.09. The molecule has 0 heterocycles. The van der Waals surface area contributed by atoms with E-state index in [0.29, 0.717) is 0 Å². The van der Waals surface area contributed by atoms with E-state index in [0.717, 1.165) is 77.0 Å². The summed E-state index contributed by atoms with van der Waals surface area (Å²) < 4.78 is 0. The summed E-state index contributed by atoms with van der Waals surface area (Å²) in [6.45, 7) is 63.4. The van der Waals surface area contributed by atoms with Crippen molar-refractivity contribution in [3.63, 3.8) is 0 Å². The summed E-state index contributed by atoms with van der Waals surface area (Å²) in [5, 5.41) is 0. The second kappa shape index (κ2) is 82.6. The smallest absolute Gasteiger partial charge is 0.00258 e. The van der Waals surface area contributed by atoms with Crippen LogP contribution in [0.3, 0.4) is 0 Å². The molecule has 0 amide bonds. The Labute approximate surface area is 657 Å². The van der Waals surface area contributed by atoms with Crippen molar-refractivity contribution in [1.29, 1.82) is 0 Å². The number of rotatable bonds is 18. The Bertz CT molecular complexity index is 2830. The highest BCUT2D eigenvalue weighted by atomic mass is 14.1. The summed E-state index contributed by atoms with van der Waals surface area (Å²) in [5.41, 5.74) is 25.0. The van der Waals surface area contributed by atoms with Crippen molar-refractivity contribution in [3.05, 3.63) is 319 Å². The van der Waals surface area contributed by atoms with Gasteiger partial charge >= 0.3 is 0 Å². The molecule has 9 rings (SSSR count). The van der Waals surface area contributed by atoms with Crippen LogP contribution >= 0.6 is 0 Å². The third-order valence-corrected chi connectivity index (χ3v) is 14.1. The molecule has 0 aliphatic rings. The van der Waals surface area contributed by atoms with Gasteiger partial charge < -0.3 is 0 Å². The minimum Gasteiger partial charge on any atom is -0.0683 e. The molecule has 0 aliphatic carbocycles. The van der Waals surface area contributed by atoms with E-state index in [9.17, 15) is 0 Å². The molecule has 0 fully saturated rings. The van der Waals surface area contributed by atoms with Gasteiger partial charge in [0, 0.05) is 0 Å². The van der Waals surface area contributed by atoms with Crippen LogP contribution in [0.2, 0.25) is 0 Å². The zero-order valence-electron chi connectivity index (χ0n) is 74.6. The van der Waals surface area contributed by atoms with Crippen LogP contribution in [0.5, 0.6) is 0 Å². The van der Waals surface area contributed by atoms with Gasteiger partial charge in [0.05, 0.1) is 0 Å². The van der Waals surface area contributed by atoms with Gasteiger partial charge in [0.2, 0.25) is 0 Å². The standard InChI is InChI=1S/C31H32.C24H26.C17H20.9C3H8.3C2H6/c1-3-24-5-9-26(10-6-24)21-28-13-17-30(18-14-28)23-31-19-15-29(16-20-31)22-27-11-7-25(4-2)8-12-27;1-3-19-5-9-21(10-6-19)17-23-13-15-24(16-14-23)18-22-11-7-20(4-2)8-12-22;1-3-14-5-9-16(10-6-14)13-17-11-7-15(4-2)8-12-17;9*1-3-2;3*1-2/h5-20H,3-4,21-23H2,1-2H3;5-16H,3-4,17-18H2,1-2H3;5-12H,3-4,13H2,1-2H3;9*3H2,1-2H3;3*1-2H3. The highest BCUT2D eigenvalue weighted by Gasteiger charge is 2.05. The van der Waals surface area contributed by atoms with E-state index in [1.54, 1.807) is 0 Å². The van der Waals surface area contributed by atoms with Crippen molar-refractivity contribution in [1.82, 2.24) is 0 Å². The SMILES string of the molecule is CC.CC.CC.CCC.CCC.CCC.CCC.CCC.CCC.CCC.CCC.CCC.CCc1ccc(Cc2ccc(CC)cc2)cc1.CCc1ccc(Cc2ccc(Cc3ccc(CC)cc3)cc2)cc1.CCc1ccc(Cc2ccc(Cc3ccc(Cc4ccc(CC)cc4)cc3)cc2)cc1. The predicted molar refractivity (Wildman–Crippen MR) is 489 cm³/mol. The van der Waals surface area contributed by atoms with Gasteiger partial charge in [-0.15, -0.1) is 0 Å². The summed E-state index contributed by atoms with van der Waals surface area (Å²) in [4.78, 5) is 0. The van der Waals surface area contributed by atoms with Gasteiger partial charge in [-0.2, -0.15) is 0 Å².